The van der Waals surface area contributed by atoms with Crippen LogP contribution in [0.3, 0.4) is 0 Å². The summed E-state index contributed by atoms with van der Waals surface area (Å²) in [4.78, 5) is 8.12. The van der Waals surface area contributed by atoms with Crippen LogP contribution in [0, 0.1) is 11.8 Å². The third-order valence-electron chi connectivity index (χ3n) is 4.01. The highest BCUT2D eigenvalue weighted by Gasteiger charge is 2.19. The summed E-state index contributed by atoms with van der Waals surface area (Å²) in [5.74, 6) is 8.49. The number of nitrogens with zero attached hydrogens (tertiary/aromatic N) is 2. The largest absolute Gasteiger partial charge is 0.370 e. The standard InChI is InChI=1S/C13H24N6/c1-2-9-3-5-10(6-4-9)8-16-11-7-12(19-15)18-13(14)17-11/h7,9-10H,2-6,8,15H2,1H3,(H4,14,16,17,18,19). The second-order valence-electron chi connectivity index (χ2n) is 5.32. The van der Waals surface area contributed by atoms with E-state index in [0.29, 0.717) is 5.82 Å². The van der Waals surface area contributed by atoms with E-state index in [1.807, 2.05) is 0 Å². The average Bonchev–Trinajstić information content (AvgIpc) is 2.45. The van der Waals surface area contributed by atoms with Gasteiger partial charge >= 0.3 is 0 Å². The van der Waals surface area contributed by atoms with Gasteiger partial charge < -0.3 is 16.5 Å². The van der Waals surface area contributed by atoms with E-state index in [9.17, 15) is 0 Å². The van der Waals surface area contributed by atoms with E-state index in [1.165, 1.54) is 32.1 Å². The zero-order valence-corrected chi connectivity index (χ0v) is 11.5. The van der Waals surface area contributed by atoms with Gasteiger partial charge in [-0.2, -0.15) is 9.97 Å². The minimum atomic E-state index is 0.229. The predicted octanol–water partition coefficient (Wildman–Crippen LogP) is 1.97. The molecule has 0 saturated heterocycles. The number of anilines is 3. The van der Waals surface area contributed by atoms with Gasteiger partial charge in [0, 0.05) is 12.6 Å². The van der Waals surface area contributed by atoms with Gasteiger partial charge in [-0.1, -0.05) is 26.2 Å². The van der Waals surface area contributed by atoms with Gasteiger partial charge in [-0.3, -0.25) is 0 Å². The van der Waals surface area contributed by atoms with Crippen molar-refractivity contribution in [2.75, 3.05) is 23.0 Å². The van der Waals surface area contributed by atoms with Crippen molar-refractivity contribution in [2.24, 2.45) is 17.7 Å². The Balaban J connectivity index is 1.84. The van der Waals surface area contributed by atoms with E-state index in [1.54, 1.807) is 6.07 Å². The minimum absolute atomic E-state index is 0.229. The van der Waals surface area contributed by atoms with Gasteiger partial charge in [0.2, 0.25) is 5.95 Å². The van der Waals surface area contributed by atoms with Gasteiger partial charge in [0.25, 0.3) is 0 Å². The maximum Gasteiger partial charge on any atom is 0.223 e. The van der Waals surface area contributed by atoms with E-state index in [2.05, 4.69) is 27.6 Å². The maximum atomic E-state index is 5.62. The molecule has 1 aliphatic carbocycles. The molecule has 0 amide bonds. The first-order valence-corrected chi connectivity index (χ1v) is 7.06. The zero-order valence-electron chi connectivity index (χ0n) is 11.5. The molecule has 6 nitrogen and oxygen atoms in total. The maximum absolute atomic E-state index is 5.62. The third-order valence-corrected chi connectivity index (χ3v) is 4.01. The van der Waals surface area contributed by atoms with Crippen LogP contribution >= 0.6 is 0 Å². The van der Waals surface area contributed by atoms with Crippen molar-refractivity contribution < 1.29 is 0 Å². The molecule has 1 aromatic rings. The van der Waals surface area contributed by atoms with Crippen LogP contribution in [0.1, 0.15) is 39.0 Å². The second-order valence-corrected chi connectivity index (χ2v) is 5.32. The summed E-state index contributed by atoms with van der Waals surface area (Å²) in [6, 6.07) is 1.77. The molecular weight excluding hydrogens is 240 g/mol. The molecule has 0 aromatic carbocycles. The van der Waals surface area contributed by atoms with Gasteiger partial charge in [-0.05, 0) is 24.7 Å². The Labute approximate surface area is 114 Å². The quantitative estimate of drug-likeness (QED) is 0.479. The molecule has 0 unspecified atom stereocenters. The van der Waals surface area contributed by atoms with E-state index in [0.717, 1.165) is 24.2 Å². The molecule has 6 heteroatoms. The number of rotatable bonds is 5. The van der Waals surface area contributed by atoms with Crippen LogP contribution in [-0.2, 0) is 0 Å². The summed E-state index contributed by atoms with van der Waals surface area (Å²) in [5.41, 5.74) is 8.11. The minimum Gasteiger partial charge on any atom is -0.370 e. The summed E-state index contributed by atoms with van der Waals surface area (Å²) in [6.45, 7) is 3.23. The Morgan fingerprint density at radius 1 is 1.16 bits per heavy atom. The monoisotopic (exact) mass is 264 g/mol. The number of hydrogen-bond acceptors (Lipinski definition) is 6. The summed E-state index contributed by atoms with van der Waals surface area (Å²) in [6.07, 6.45) is 6.62. The highest BCUT2D eigenvalue weighted by Crippen LogP contribution is 2.30. The van der Waals surface area contributed by atoms with Gasteiger partial charge in [-0.25, -0.2) is 5.84 Å². The molecule has 1 aliphatic rings. The topological polar surface area (TPSA) is 102 Å². The van der Waals surface area contributed by atoms with Crippen molar-refractivity contribution >= 4 is 17.6 Å². The lowest BCUT2D eigenvalue weighted by Crippen LogP contribution is -2.21. The molecule has 0 aliphatic heterocycles. The van der Waals surface area contributed by atoms with Crippen LogP contribution < -0.4 is 22.3 Å². The van der Waals surface area contributed by atoms with E-state index in [-0.39, 0.29) is 5.95 Å². The molecule has 2 rings (SSSR count). The van der Waals surface area contributed by atoms with Crippen molar-refractivity contribution in [3.63, 3.8) is 0 Å². The molecule has 0 spiro atoms. The molecular formula is C13H24N6. The van der Waals surface area contributed by atoms with Gasteiger partial charge in [0.05, 0.1) is 0 Å². The Morgan fingerprint density at radius 2 is 1.79 bits per heavy atom. The van der Waals surface area contributed by atoms with Gasteiger partial charge in [0.15, 0.2) is 0 Å². The van der Waals surface area contributed by atoms with Crippen LogP contribution in [-0.4, -0.2) is 16.5 Å². The van der Waals surface area contributed by atoms with Gasteiger partial charge in [0.1, 0.15) is 11.6 Å². The average molecular weight is 264 g/mol. The predicted molar refractivity (Wildman–Crippen MR) is 78.5 cm³/mol. The fourth-order valence-corrected chi connectivity index (χ4v) is 2.72. The fourth-order valence-electron chi connectivity index (χ4n) is 2.72. The first kappa shape index (κ1) is 13.9. The van der Waals surface area contributed by atoms with E-state index < -0.39 is 0 Å². The van der Waals surface area contributed by atoms with E-state index >= 15 is 0 Å². The number of hydrazine groups is 1. The second kappa shape index (κ2) is 6.56. The molecule has 1 aromatic heterocycles. The normalized spacial score (nSPS) is 23.1. The van der Waals surface area contributed by atoms with Crippen LogP contribution in [0.25, 0.3) is 0 Å². The molecule has 1 heterocycles. The van der Waals surface area contributed by atoms with Crippen LogP contribution in [0.2, 0.25) is 0 Å². The van der Waals surface area contributed by atoms with Crippen LogP contribution in [0.15, 0.2) is 6.07 Å². The SMILES string of the molecule is CCC1CCC(CNc2cc(NN)nc(N)n2)CC1. The number of nitrogens with two attached hydrogens (primary N) is 2. The molecule has 0 bridgehead atoms. The zero-order chi connectivity index (χ0) is 13.7. The molecule has 19 heavy (non-hydrogen) atoms. The summed E-state index contributed by atoms with van der Waals surface area (Å²) >= 11 is 0. The molecule has 106 valence electrons. The lowest BCUT2D eigenvalue weighted by molar-refractivity contribution is 0.278. The molecule has 6 N–H and O–H groups in total. The fraction of sp³-hybridized carbons (Fsp3) is 0.692. The number of nitrogen functional groups attached to an aromatic ring is 2. The molecule has 1 fully saturated rings. The first-order valence-electron chi connectivity index (χ1n) is 7.06. The number of nitrogens with one attached hydrogen (secondary N) is 2. The number of aromatic nitrogens is 2. The summed E-state index contributed by atoms with van der Waals surface area (Å²) < 4.78 is 0. The van der Waals surface area contributed by atoms with Crippen molar-refractivity contribution in [1.82, 2.24) is 9.97 Å². The number of hydrogen-bond donors (Lipinski definition) is 4. The van der Waals surface area contributed by atoms with Crippen molar-refractivity contribution in [3.05, 3.63) is 6.07 Å². The summed E-state index contributed by atoms with van der Waals surface area (Å²) in [7, 11) is 0. The van der Waals surface area contributed by atoms with E-state index in [4.69, 9.17) is 11.6 Å². The van der Waals surface area contributed by atoms with Crippen LogP contribution in [0.5, 0.6) is 0 Å². The molecule has 0 atom stereocenters. The van der Waals surface area contributed by atoms with Crippen LogP contribution in [0.4, 0.5) is 17.6 Å². The summed E-state index contributed by atoms with van der Waals surface area (Å²) in [5, 5.41) is 3.34. The van der Waals surface area contributed by atoms with Crippen molar-refractivity contribution in [3.8, 4) is 0 Å². The lowest BCUT2D eigenvalue weighted by Gasteiger charge is -2.28. The third kappa shape index (κ3) is 3.96. The Hall–Kier alpha value is -1.56. The Morgan fingerprint density at radius 3 is 2.42 bits per heavy atom. The highest BCUT2D eigenvalue weighted by molar-refractivity contribution is 5.50. The van der Waals surface area contributed by atoms with Crippen molar-refractivity contribution in [2.45, 2.75) is 39.0 Å². The Kier molecular flexibility index (Phi) is 4.79. The van der Waals surface area contributed by atoms with Gasteiger partial charge in [-0.15, -0.1) is 0 Å². The smallest absolute Gasteiger partial charge is 0.223 e. The lowest BCUT2D eigenvalue weighted by atomic mass is 9.81. The molecule has 0 radical (unpaired) electrons. The first-order chi connectivity index (χ1) is 9.21. The van der Waals surface area contributed by atoms with Crippen molar-refractivity contribution in [1.29, 1.82) is 0 Å². The molecule has 1 saturated carbocycles. The highest BCUT2D eigenvalue weighted by atomic mass is 15.3. The Bertz CT molecular complexity index is 400.